The van der Waals surface area contributed by atoms with E-state index in [1.807, 2.05) is 0 Å². The van der Waals surface area contributed by atoms with Crippen molar-refractivity contribution in [2.75, 3.05) is 13.1 Å². The molecule has 0 aliphatic rings. The zero-order chi connectivity index (χ0) is 13.6. The van der Waals surface area contributed by atoms with E-state index in [9.17, 15) is 18.0 Å². The number of nitrogens with one attached hydrogen (secondary N) is 2. The molecular weight excluding hydrogens is 247 g/mol. The van der Waals surface area contributed by atoms with Crippen molar-refractivity contribution < 1.29 is 18.0 Å². The maximum atomic E-state index is 12.3. The van der Waals surface area contributed by atoms with Crippen molar-refractivity contribution in [3.05, 3.63) is 35.4 Å². The van der Waals surface area contributed by atoms with Gasteiger partial charge in [-0.15, -0.1) is 0 Å². The number of primary amides is 1. The third-order valence-corrected chi connectivity index (χ3v) is 2.21. The number of carbonyl (C=O) groups is 1. The second kappa shape index (κ2) is 6.25. The largest absolute Gasteiger partial charge is 0.416 e. The summed E-state index contributed by atoms with van der Waals surface area (Å²) in [5.74, 6) is 0. The Bertz CT molecular complexity index is 390. The minimum atomic E-state index is -4.31. The van der Waals surface area contributed by atoms with Crippen LogP contribution in [0.15, 0.2) is 24.3 Å². The Balaban J connectivity index is 2.33. The molecule has 1 aromatic carbocycles. The topological polar surface area (TPSA) is 67.2 Å². The summed E-state index contributed by atoms with van der Waals surface area (Å²) in [6, 6.07) is 4.30. The van der Waals surface area contributed by atoms with Gasteiger partial charge in [-0.3, -0.25) is 0 Å². The van der Waals surface area contributed by atoms with Crippen LogP contribution in [0, 0.1) is 0 Å². The number of amides is 2. The second-order valence-corrected chi connectivity index (χ2v) is 3.66. The van der Waals surface area contributed by atoms with Crippen LogP contribution in [0.1, 0.15) is 11.1 Å². The molecule has 7 heteroatoms. The molecule has 4 N–H and O–H groups in total. The molecule has 0 heterocycles. The Morgan fingerprint density at radius 1 is 1.17 bits per heavy atom. The summed E-state index contributed by atoms with van der Waals surface area (Å²) >= 11 is 0. The summed E-state index contributed by atoms with van der Waals surface area (Å²) in [6.45, 7) is 1.29. The van der Waals surface area contributed by atoms with Gasteiger partial charge in [-0.05, 0) is 17.7 Å². The number of urea groups is 1. The Morgan fingerprint density at radius 2 is 1.78 bits per heavy atom. The molecule has 0 radical (unpaired) electrons. The van der Waals surface area contributed by atoms with Crippen molar-refractivity contribution >= 4 is 6.03 Å². The maximum absolute atomic E-state index is 12.3. The van der Waals surface area contributed by atoms with Gasteiger partial charge in [0.15, 0.2) is 0 Å². The number of hydrogen-bond donors (Lipinski definition) is 3. The highest BCUT2D eigenvalue weighted by Gasteiger charge is 2.29. The molecule has 0 aliphatic heterocycles. The van der Waals surface area contributed by atoms with E-state index in [1.54, 1.807) is 0 Å². The second-order valence-electron chi connectivity index (χ2n) is 3.66. The zero-order valence-corrected chi connectivity index (χ0v) is 9.55. The number of alkyl halides is 3. The number of nitrogens with two attached hydrogens (primary N) is 1. The van der Waals surface area contributed by atoms with Gasteiger partial charge in [-0.2, -0.15) is 13.2 Å². The lowest BCUT2D eigenvalue weighted by molar-refractivity contribution is -0.137. The lowest BCUT2D eigenvalue weighted by Gasteiger charge is -2.08. The summed E-state index contributed by atoms with van der Waals surface area (Å²) in [4.78, 5) is 10.3. The van der Waals surface area contributed by atoms with E-state index in [0.717, 1.165) is 17.7 Å². The highest BCUT2D eigenvalue weighted by Crippen LogP contribution is 2.28. The molecule has 0 saturated carbocycles. The molecule has 2 amide bonds. The van der Waals surface area contributed by atoms with E-state index in [1.165, 1.54) is 12.1 Å². The van der Waals surface area contributed by atoms with Crippen LogP contribution in [0.25, 0.3) is 0 Å². The van der Waals surface area contributed by atoms with E-state index < -0.39 is 17.8 Å². The van der Waals surface area contributed by atoms with Crippen LogP contribution >= 0.6 is 0 Å². The SMILES string of the molecule is NC(=O)NCCNCc1ccc(C(F)(F)F)cc1. The first-order valence-corrected chi connectivity index (χ1v) is 5.30. The molecule has 0 saturated heterocycles. The molecule has 100 valence electrons. The van der Waals surface area contributed by atoms with E-state index >= 15 is 0 Å². The van der Waals surface area contributed by atoms with E-state index in [4.69, 9.17) is 5.73 Å². The molecule has 0 fully saturated rings. The number of rotatable bonds is 5. The number of halogens is 3. The summed E-state index contributed by atoms with van der Waals surface area (Å²) in [5, 5.41) is 5.35. The highest BCUT2D eigenvalue weighted by molar-refractivity contribution is 5.71. The lowest BCUT2D eigenvalue weighted by Crippen LogP contribution is -2.35. The predicted molar refractivity (Wildman–Crippen MR) is 60.7 cm³/mol. The summed E-state index contributed by atoms with van der Waals surface area (Å²) < 4.78 is 36.8. The van der Waals surface area contributed by atoms with Crippen LogP contribution in [0.5, 0.6) is 0 Å². The van der Waals surface area contributed by atoms with Crippen molar-refractivity contribution in [3.63, 3.8) is 0 Å². The average molecular weight is 261 g/mol. The van der Waals surface area contributed by atoms with Crippen LogP contribution < -0.4 is 16.4 Å². The summed E-state index contributed by atoms with van der Waals surface area (Å²) in [7, 11) is 0. The van der Waals surface area contributed by atoms with Gasteiger partial charge in [-0.25, -0.2) is 4.79 Å². The summed E-state index contributed by atoms with van der Waals surface area (Å²) in [5.41, 5.74) is 4.93. The van der Waals surface area contributed by atoms with Crippen molar-refractivity contribution in [2.45, 2.75) is 12.7 Å². The van der Waals surface area contributed by atoms with Crippen molar-refractivity contribution in [1.29, 1.82) is 0 Å². The Labute approximate surface area is 102 Å². The fourth-order valence-corrected chi connectivity index (χ4v) is 1.32. The van der Waals surface area contributed by atoms with Gasteiger partial charge in [0.2, 0.25) is 0 Å². The normalized spacial score (nSPS) is 11.3. The molecule has 0 bridgehead atoms. The molecule has 0 spiro atoms. The smallest absolute Gasteiger partial charge is 0.352 e. The van der Waals surface area contributed by atoms with Gasteiger partial charge >= 0.3 is 12.2 Å². The zero-order valence-electron chi connectivity index (χ0n) is 9.55. The Kier molecular flexibility index (Phi) is 4.96. The molecular formula is C11H14F3N3O. The van der Waals surface area contributed by atoms with Gasteiger partial charge in [0, 0.05) is 19.6 Å². The standard InChI is InChI=1S/C11H14F3N3O/c12-11(13,14)9-3-1-8(2-4-9)7-16-5-6-17-10(15)18/h1-4,16H,5-7H2,(H3,15,17,18). The fourth-order valence-electron chi connectivity index (χ4n) is 1.32. The molecule has 0 atom stereocenters. The van der Waals surface area contributed by atoms with E-state index in [0.29, 0.717) is 19.6 Å². The van der Waals surface area contributed by atoms with E-state index in [-0.39, 0.29) is 0 Å². The minimum absolute atomic E-state index is 0.371. The van der Waals surface area contributed by atoms with Crippen LogP contribution in [0.4, 0.5) is 18.0 Å². The lowest BCUT2D eigenvalue weighted by atomic mass is 10.1. The van der Waals surface area contributed by atoms with Gasteiger partial charge in [0.25, 0.3) is 0 Å². The molecule has 0 aromatic heterocycles. The third kappa shape index (κ3) is 5.05. The monoisotopic (exact) mass is 261 g/mol. The molecule has 18 heavy (non-hydrogen) atoms. The third-order valence-electron chi connectivity index (χ3n) is 2.21. The first-order valence-electron chi connectivity index (χ1n) is 5.30. The average Bonchev–Trinajstić information content (AvgIpc) is 2.27. The molecule has 0 aliphatic carbocycles. The van der Waals surface area contributed by atoms with Gasteiger partial charge in [0.05, 0.1) is 5.56 Å². The first kappa shape index (κ1) is 14.3. The van der Waals surface area contributed by atoms with Gasteiger partial charge in [0.1, 0.15) is 0 Å². The molecule has 1 aromatic rings. The molecule has 0 unspecified atom stereocenters. The highest BCUT2D eigenvalue weighted by atomic mass is 19.4. The Hall–Kier alpha value is -1.76. The van der Waals surface area contributed by atoms with Gasteiger partial charge in [-0.1, -0.05) is 12.1 Å². The van der Waals surface area contributed by atoms with Crippen molar-refractivity contribution in [1.82, 2.24) is 10.6 Å². The number of carbonyl (C=O) groups excluding carboxylic acids is 1. The maximum Gasteiger partial charge on any atom is 0.416 e. The van der Waals surface area contributed by atoms with E-state index in [2.05, 4.69) is 10.6 Å². The van der Waals surface area contributed by atoms with Crippen LogP contribution in [0.3, 0.4) is 0 Å². The number of hydrogen-bond acceptors (Lipinski definition) is 2. The molecule has 4 nitrogen and oxygen atoms in total. The Morgan fingerprint density at radius 3 is 2.28 bits per heavy atom. The fraction of sp³-hybridized carbons (Fsp3) is 0.364. The predicted octanol–water partition coefficient (Wildman–Crippen LogP) is 1.46. The molecule has 1 rings (SSSR count). The van der Waals surface area contributed by atoms with Crippen LogP contribution in [-0.4, -0.2) is 19.1 Å². The number of benzene rings is 1. The quantitative estimate of drug-likeness (QED) is 0.702. The van der Waals surface area contributed by atoms with Crippen molar-refractivity contribution in [2.24, 2.45) is 5.73 Å². The van der Waals surface area contributed by atoms with Crippen LogP contribution in [-0.2, 0) is 12.7 Å². The minimum Gasteiger partial charge on any atom is -0.352 e. The van der Waals surface area contributed by atoms with Crippen LogP contribution in [0.2, 0.25) is 0 Å². The summed E-state index contributed by atoms with van der Waals surface area (Å²) in [6.07, 6.45) is -4.31. The van der Waals surface area contributed by atoms with Crippen molar-refractivity contribution in [3.8, 4) is 0 Å². The first-order chi connectivity index (χ1) is 8.39. The van der Waals surface area contributed by atoms with Gasteiger partial charge < -0.3 is 16.4 Å².